The Labute approximate surface area is 87.2 Å². The van der Waals surface area contributed by atoms with Gasteiger partial charge in [-0.3, -0.25) is 4.68 Å². The van der Waals surface area contributed by atoms with Crippen LogP contribution >= 0.6 is 11.6 Å². The van der Waals surface area contributed by atoms with E-state index in [1.807, 2.05) is 32.2 Å². The van der Waals surface area contributed by atoms with Gasteiger partial charge in [-0.1, -0.05) is 11.6 Å². The van der Waals surface area contributed by atoms with Crippen molar-refractivity contribution in [3.8, 4) is 5.88 Å². The van der Waals surface area contributed by atoms with E-state index in [9.17, 15) is 0 Å². The summed E-state index contributed by atoms with van der Waals surface area (Å²) in [4.78, 5) is 0. The summed E-state index contributed by atoms with van der Waals surface area (Å²) in [6.07, 6.45) is 0. The zero-order valence-electron chi connectivity index (χ0n) is 8.12. The number of aryl methyl sites for hydroxylation is 1. The van der Waals surface area contributed by atoms with Crippen LogP contribution in [-0.2, 0) is 7.05 Å². The molecular formula is C10H11ClN2O. The predicted octanol–water partition coefficient (Wildman–Crippen LogP) is 2.63. The van der Waals surface area contributed by atoms with E-state index in [4.69, 9.17) is 16.3 Å². The Kier molecular flexibility index (Phi) is 2.33. The molecule has 0 unspecified atom stereocenters. The Balaban J connectivity index is 2.66. The van der Waals surface area contributed by atoms with E-state index in [1.165, 1.54) is 0 Å². The van der Waals surface area contributed by atoms with E-state index in [2.05, 4.69) is 5.10 Å². The molecule has 0 saturated heterocycles. The third kappa shape index (κ3) is 1.44. The number of hydrogen-bond donors (Lipinski definition) is 0. The monoisotopic (exact) mass is 210 g/mol. The van der Waals surface area contributed by atoms with Crippen molar-refractivity contribution in [2.45, 2.75) is 6.92 Å². The third-order valence-corrected chi connectivity index (χ3v) is 2.29. The number of aromatic nitrogens is 2. The van der Waals surface area contributed by atoms with E-state index in [0.717, 1.165) is 10.9 Å². The van der Waals surface area contributed by atoms with Gasteiger partial charge in [0.1, 0.15) is 0 Å². The second kappa shape index (κ2) is 3.50. The first kappa shape index (κ1) is 9.34. The standard InChI is InChI=1S/C10H11ClN2O/c1-3-14-10-8-6-7(11)4-5-9(8)13(2)12-10/h4-6H,3H2,1-2H3. The van der Waals surface area contributed by atoms with E-state index in [-0.39, 0.29) is 0 Å². The van der Waals surface area contributed by atoms with Gasteiger partial charge in [0.2, 0.25) is 5.88 Å². The van der Waals surface area contributed by atoms with Gasteiger partial charge in [-0.05, 0) is 25.1 Å². The lowest BCUT2D eigenvalue weighted by Gasteiger charge is -1.97. The number of rotatable bonds is 2. The maximum absolute atomic E-state index is 5.91. The second-order valence-corrected chi connectivity index (χ2v) is 3.46. The molecule has 0 aliphatic heterocycles. The molecule has 4 heteroatoms. The minimum Gasteiger partial charge on any atom is -0.476 e. The van der Waals surface area contributed by atoms with E-state index in [0.29, 0.717) is 17.5 Å². The van der Waals surface area contributed by atoms with Gasteiger partial charge in [0.15, 0.2) is 0 Å². The van der Waals surface area contributed by atoms with Crippen LogP contribution in [0.1, 0.15) is 6.92 Å². The SMILES string of the molecule is CCOc1nn(C)c2ccc(Cl)cc12. The lowest BCUT2D eigenvalue weighted by atomic mass is 10.2. The Morgan fingerprint density at radius 2 is 2.29 bits per heavy atom. The Bertz CT molecular complexity index is 464. The van der Waals surface area contributed by atoms with Crippen molar-refractivity contribution in [2.24, 2.45) is 7.05 Å². The van der Waals surface area contributed by atoms with Crippen molar-refractivity contribution in [2.75, 3.05) is 6.61 Å². The number of benzene rings is 1. The number of ether oxygens (including phenoxy) is 1. The molecule has 3 nitrogen and oxygen atoms in total. The number of nitrogens with zero attached hydrogens (tertiary/aromatic N) is 2. The fourth-order valence-corrected chi connectivity index (χ4v) is 1.62. The molecule has 0 radical (unpaired) electrons. The van der Waals surface area contributed by atoms with Crippen molar-refractivity contribution in [3.05, 3.63) is 23.2 Å². The normalized spacial score (nSPS) is 10.8. The second-order valence-electron chi connectivity index (χ2n) is 3.02. The first-order valence-electron chi connectivity index (χ1n) is 4.47. The first-order chi connectivity index (χ1) is 6.72. The highest BCUT2D eigenvalue weighted by atomic mass is 35.5. The minimum atomic E-state index is 0.610. The van der Waals surface area contributed by atoms with E-state index < -0.39 is 0 Å². The smallest absolute Gasteiger partial charge is 0.240 e. The first-order valence-corrected chi connectivity index (χ1v) is 4.85. The topological polar surface area (TPSA) is 27.1 Å². The zero-order chi connectivity index (χ0) is 10.1. The summed E-state index contributed by atoms with van der Waals surface area (Å²) in [5.74, 6) is 0.646. The predicted molar refractivity (Wildman–Crippen MR) is 56.9 cm³/mol. The third-order valence-electron chi connectivity index (χ3n) is 2.06. The van der Waals surface area contributed by atoms with Gasteiger partial charge in [-0.15, -0.1) is 5.10 Å². The number of halogens is 1. The minimum absolute atomic E-state index is 0.610. The van der Waals surface area contributed by atoms with Gasteiger partial charge in [0.05, 0.1) is 17.5 Å². The van der Waals surface area contributed by atoms with Gasteiger partial charge >= 0.3 is 0 Å². The summed E-state index contributed by atoms with van der Waals surface area (Å²) in [5, 5.41) is 5.92. The number of fused-ring (bicyclic) bond motifs is 1. The molecule has 14 heavy (non-hydrogen) atoms. The molecule has 0 atom stereocenters. The maximum Gasteiger partial charge on any atom is 0.240 e. The maximum atomic E-state index is 5.91. The van der Waals surface area contributed by atoms with Crippen LogP contribution in [0, 0.1) is 0 Å². The van der Waals surface area contributed by atoms with Crippen LogP contribution in [0.15, 0.2) is 18.2 Å². The molecule has 0 fully saturated rings. The molecule has 0 aliphatic rings. The largest absolute Gasteiger partial charge is 0.476 e. The van der Waals surface area contributed by atoms with Crippen LogP contribution < -0.4 is 4.74 Å². The van der Waals surface area contributed by atoms with Crippen molar-refractivity contribution in [1.29, 1.82) is 0 Å². The molecule has 2 aromatic rings. The molecule has 0 amide bonds. The van der Waals surface area contributed by atoms with Gasteiger partial charge in [0, 0.05) is 12.1 Å². The van der Waals surface area contributed by atoms with Crippen LogP contribution in [0.5, 0.6) is 5.88 Å². The molecule has 0 aliphatic carbocycles. The highest BCUT2D eigenvalue weighted by Gasteiger charge is 2.08. The molecule has 2 rings (SSSR count). The molecule has 0 spiro atoms. The summed E-state index contributed by atoms with van der Waals surface area (Å²) in [7, 11) is 1.89. The molecule has 0 bridgehead atoms. The van der Waals surface area contributed by atoms with Crippen molar-refractivity contribution in [1.82, 2.24) is 9.78 Å². The Morgan fingerprint density at radius 3 is 3.00 bits per heavy atom. The molecule has 0 N–H and O–H groups in total. The van der Waals surface area contributed by atoms with Gasteiger partial charge in [0.25, 0.3) is 0 Å². The molecule has 0 saturated carbocycles. The van der Waals surface area contributed by atoms with E-state index in [1.54, 1.807) is 4.68 Å². The Morgan fingerprint density at radius 1 is 1.50 bits per heavy atom. The van der Waals surface area contributed by atoms with Crippen LogP contribution in [0.25, 0.3) is 10.9 Å². The average Bonchev–Trinajstić information content (AvgIpc) is 2.44. The van der Waals surface area contributed by atoms with Gasteiger partial charge < -0.3 is 4.74 Å². The summed E-state index contributed by atoms with van der Waals surface area (Å²) in [5.41, 5.74) is 1.03. The zero-order valence-corrected chi connectivity index (χ0v) is 8.88. The summed E-state index contributed by atoms with van der Waals surface area (Å²) in [6, 6.07) is 5.66. The number of hydrogen-bond acceptors (Lipinski definition) is 2. The molecule has 1 aromatic carbocycles. The van der Waals surface area contributed by atoms with Crippen LogP contribution in [-0.4, -0.2) is 16.4 Å². The summed E-state index contributed by atoms with van der Waals surface area (Å²) in [6.45, 7) is 2.55. The van der Waals surface area contributed by atoms with Crippen molar-refractivity contribution < 1.29 is 4.74 Å². The lowest BCUT2D eigenvalue weighted by Crippen LogP contribution is -1.94. The molecule has 74 valence electrons. The quantitative estimate of drug-likeness (QED) is 0.762. The van der Waals surface area contributed by atoms with Gasteiger partial charge in [-0.25, -0.2) is 0 Å². The average molecular weight is 211 g/mol. The van der Waals surface area contributed by atoms with E-state index >= 15 is 0 Å². The van der Waals surface area contributed by atoms with Crippen LogP contribution in [0.3, 0.4) is 0 Å². The van der Waals surface area contributed by atoms with Crippen LogP contribution in [0.4, 0.5) is 0 Å². The molecular weight excluding hydrogens is 200 g/mol. The van der Waals surface area contributed by atoms with Crippen molar-refractivity contribution in [3.63, 3.8) is 0 Å². The highest BCUT2D eigenvalue weighted by molar-refractivity contribution is 6.31. The fourth-order valence-electron chi connectivity index (χ4n) is 1.45. The van der Waals surface area contributed by atoms with Gasteiger partial charge in [-0.2, -0.15) is 0 Å². The molecule has 1 heterocycles. The fraction of sp³-hybridized carbons (Fsp3) is 0.300. The summed E-state index contributed by atoms with van der Waals surface area (Å²) < 4.78 is 7.19. The highest BCUT2D eigenvalue weighted by Crippen LogP contribution is 2.26. The lowest BCUT2D eigenvalue weighted by molar-refractivity contribution is 0.326. The Hall–Kier alpha value is -1.22. The van der Waals surface area contributed by atoms with Crippen LogP contribution in [0.2, 0.25) is 5.02 Å². The van der Waals surface area contributed by atoms with Crippen molar-refractivity contribution >= 4 is 22.5 Å². The summed E-state index contributed by atoms with van der Waals surface area (Å²) >= 11 is 5.91. The molecule has 1 aromatic heterocycles.